The molecule has 0 aliphatic heterocycles. The molecule has 21 heavy (non-hydrogen) atoms. The van der Waals surface area contributed by atoms with Crippen molar-refractivity contribution in [2.75, 3.05) is 12.8 Å². The summed E-state index contributed by atoms with van der Waals surface area (Å²) >= 11 is 1.77. The number of carbonyl (C=O) groups excluding carboxylic acids is 1. The smallest absolute Gasteiger partial charge is 0.328 e. The first kappa shape index (κ1) is 17.3. The molecule has 0 heterocycles. The predicted molar refractivity (Wildman–Crippen MR) is 87.8 cm³/mol. The number of carboxylic acids is 1. The molecule has 1 atom stereocenters. The molecule has 0 bridgehead atoms. The van der Waals surface area contributed by atoms with Crippen LogP contribution in [-0.4, -0.2) is 35.0 Å². The minimum absolute atomic E-state index is 0.131. The van der Waals surface area contributed by atoms with E-state index in [2.05, 4.69) is 12.2 Å². The zero-order valence-corrected chi connectivity index (χ0v) is 13.4. The van der Waals surface area contributed by atoms with Crippen molar-refractivity contribution in [1.29, 1.82) is 0 Å². The van der Waals surface area contributed by atoms with E-state index < -0.39 is 5.97 Å². The Morgan fingerprint density at radius 2 is 2.14 bits per heavy atom. The molecule has 0 fully saturated rings. The van der Waals surface area contributed by atoms with E-state index in [-0.39, 0.29) is 5.91 Å². The van der Waals surface area contributed by atoms with Crippen molar-refractivity contribution in [2.24, 2.45) is 0 Å². The molecule has 0 saturated carbocycles. The number of amides is 1. The van der Waals surface area contributed by atoms with Crippen LogP contribution in [-0.2, 0) is 4.79 Å². The summed E-state index contributed by atoms with van der Waals surface area (Å²) in [4.78, 5) is 22.6. The van der Waals surface area contributed by atoms with E-state index in [1.165, 1.54) is 6.08 Å². The predicted octanol–water partition coefficient (Wildman–Crippen LogP) is 2.96. The van der Waals surface area contributed by atoms with E-state index in [0.717, 1.165) is 23.6 Å². The molecule has 1 unspecified atom stereocenters. The van der Waals surface area contributed by atoms with Gasteiger partial charge in [0.2, 0.25) is 0 Å². The van der Waals surface area contributed by atoms with Gasteiger partial charge in [0, 0.05) is 23.4 Å². The SMILES string of the molecule is CSC(C)CCNC(=O)c1ccc(C)c(/C=C/C(=O)O)c1. The molecule has 1 amide bonds. The second kappa shape index (κ2) is 8.52. The standard InChI is InChI=1S/C16H21NO3S/c1-11-4-5-14(10-13(11)6-7-15(18)19)16(20)17-9-8-12(2)21-3/h4-7,10,12H,8-9H2,1-3H3,(H,17,20)(H,18,19)/b7-6+. The third-order valence-corrected chi connectivity index (χ3v) is 4.23. The fraction of sp³-hybridized carbons (Fsp3) is 0.375. The number of carbonyl (C=O) groups is 2. The maximum absolute atomic E-state index is 12.1. The summed E-state index contributed by atoms with van der Waals surface area (Å²) in [5, 5.41) is 12.1. The third kappa shape index (κ3) is 6.04. The van der Waals surface area contributed by atoms with E-state index in [0.29, 0.717) is 17.4 Å². The van der Waals surface area contributed by atoms with Crippen LogP contribution in [0, 0.1) is 6.92 Å². The largest absolute Gasteiger partial charge is 0.478 e. The van der Waals surface area contributed by atoms with Gasteiger partial charge in [-0.05, 0) is 48.9 Å². The van der Waals surface area contributed by atoms with E-state index in [1.54, 1.807) is 23.9 Å². The maximum atomic E-state index is 12.1. The van der Waals surface area contributed by atoms with Gasteiger partial charge in [-0.1, -0.05) is 13.0 Å². The average molecular weight is 307 g/mol. The van der Waals surface area contributed by atoms with Crippen molar-refractivity contribution in [2.45, 2.75) is 25.5 Å². The number of thioether (sulfide) groups is 1. The average Bonchev–Trinajstić information content (AvgIpc) is 2.45. The van der Waals surface area contributed by atoms with Crippen molar-refractivity contribution in [3.05, 3.63) is 41.0 Å². The Labute approximate surface area is 129 Å². The lowest BCUT2D eigenvalue weighted by Crippen LogP contribution is -2.26. The summed E-state index contributed by atoms with van der Waals surface area (Å²) in [7, 11) is 0. The van der Waals surface area contributed by atoms with E-state index in [9.17, 15) is 9.59 Å². The van der Waals surface area contributed by atoms with Gasteiger partial charge in [0.1, 0.15) is 0 Å². The number of hydrogen-bond acceptors (Lipinski definition) is 3. The number of carboxylic acid groups (broad SMARTS) is 1. The highest BCUT2D eigenvalue weighted by Gasteiger charge is 2.08. The van der Waals surface area contributed by atoms with Gasteiger partial charge in [-0.2, -0.15) is 11.8 Å². The van der Waals surface area contributed by atoms with E-state index in [4.69, 9.17) is 5.11 Å². The molecule has 114 valence electrons. The molecule has 1 aromatic carbocycles. The summed E-state index contributed by atoms with van der Waals surface area (Å²) in [6.07, 6.45) is 5.55. The van der Waals surface area contributed by atoms with Crippen LogP contribution in [0.2, 0.25) is 0 Å². The molecule has 0 spiro atoms. The van der Waals surface area contributed by atoms with Crippen molar-refractivity contribution in [3.63, 3.8) is 0 Å². The lowest BCUT2D eigenvalue weighted by atomic mass is 10.0. The first-order valence-corrected chi connectivity index (χ1v) is 8.05. The summed E-state index contributed by atoms with van der Waals surface area (Å²) in [5.74, 6) is -1.14. The number of hydrogen-bond donors (Lipinski definition) is 2. The van der Waals surface area contributed by atoms with Gasteiger partial charge in [-0.3, -0.25) is 4.79 Å². The van der Waals surface area contributed by atoms with Crippen molar-refractivity contribution in [3.8, 4) is 0 Å². The Bertz CT molecular complexity index is 540. The number of rotatable bonds is 7. The summed E-state index contributed by atoms with van der Waals surface area (Å²) in [6, 6.07) is 5.28. The molecule has 0 aromatic heterocycles. The normalized spacial score (nSPS) is 12.3. The van der Waals surface area contributed by atoms with Crippen molar-refractivity contribution < 1.29 is 14.7 Å². The third-order valence-electron chi connectivity index (χ3n) is 3.19. The van der Waals surface area contributed by atoms with Crippen LogP contribution in [0.4, 0.5) is 0 Å². The van der Waals surface area contributed by atoms with Crippen LogP contribution < -0.4 is 5.32 Å². The van der Waals surface area contributed by atoms with Crippen molar-refractivity contribution >= 4 is 29.7 Å². The Hall–Kier alpha value is -1.75. The molecule has 5 heteroatoms. The van der Waals surface area contributed by atoms with Gasteiger partial charge in [-0.15, -0.1) is 0 Å². The molecule has 0 aliphatic rings. The summed E-state index contributed by atoms with van der Waals surface area (Å²) in [5.41, 5.74) is 2.21. The highest BCUT2D eigenvalue weighted by atomic mass is 32.2. The number of aryl methyl sites for hydroxylation is 1. The monoisotopic (exact) mass is 307 g/mol. The number of nitrogens with one attached hydrogen (secondary N) is 1. The molecule has 2 N–H and O–H groups in total. The van der Waals surface area contributed by atoms with E-state index in [1.807, 2.05) is 19.2 Å². The van der Waals surface area contributed by atoms with Gasteiger partial charge in [-0.25, -0.2) is 4.79 Å². The number of aliphatic carboxylic acids is 1. The van der Waals surface area contributed by atoms with Crippen molar-refractivity contribution in [1.82, 2.24) is 5.32 Å². The van der Waals surface area contributed by atoms with Gasteiger partial charge in [0.05, 0.1) is 0 Å². The molecule has 0 radical (unpaired) electrons. The van der Waals surface area contributed by atoms with Crippen LogP contribution in [0.15, 0.2) is 24.3 Å². The van der Waals surface area contributed by atoms with Gasteiger partial charge in [0.15, 0.2) is 0 Å². The molecule has 1 aromatic rings. The van der Waals surface area contributed by atoms with Gasteiger partial charge >= 0.3 is 5.97 Å². The Morgan fingerprint density at radius 1 is 1.43 bits per heavy atom. The fourth-order valence-electron chi connectivity index (χ4n) is 1.73. The van der Waals surface area contributed by atoms with E-state index >= 15 is 0 Å². The first-order valence-electron chi connectivity index (χ1n) is 6.76. The maximum Gasteiger partial charge on any atom is 0.328 e. The Balaban J connectivity index is 2.72. The Morgan fingerprint density at radius 3 is 2.76 bits per heavy atom. The van der Waals surface area contributed by atoms with Crippen LogP contribution in [0.3, 0.4) is 0 Å². The highest BCUT2D eigenvalue weighted by molar-refractivity contribution is 7.99. The van der Waals surface area contributed by atoms with Crippen LogP contribution in [0.5, 0.6) is 0 Å². The minimum Gasteiger partial charge on any atom is -0.478 e. The molecular weight excluding hydrogens is 286 g/mol. The lowest BCUT2D eigenvalue weighted by molar-refractivity contribution is -0.131. The first-order chi connectivity index (χ1) is 9.93. The van der Waals surface area contributed by atoms with Crippen LogP contribution in [0.1, 0.15) is 34.8 Å². The zero-order valence-electron chi connectivity index (χ0n) is 12.6. The van der Waals surface area contributed by atoms with Crippen LogP contribution >= 0.6 is 11.8 Å². The van der Waals surface area contributed by atoms with Gasteiger partial charge in [0.25, 0.3) is 5.91 Å². The molecule has 1 rings (SSSR count). The molecule has 0 saturated heterocycles. The van der Waals surface area contributed by atoms with Crippen LogP contribution in [0.25, 0.3) is 6.08 Å². The second-order valence-corrected chi connectivity index (χ2v) is 6.11. The zero-order chi connectivity index (χ0) is 15.8. The fourth-order valence-corrected chi connectivity index (χ4v) is 2.08. The lowest BCUT2D eigenvalue weighted by Gasteiger charge is -2.10. The number of benzene rings is 1. The Kier molecular flexibility index (Phi) is 7.02. The second-order valence-electron chi connectivity index (χ2n) is 4.83. The molecular formula is C16H21NO3S. The summed E-state index contributed by atoms with van der Waals surface area (Å²) < 4.78 is 0. The topological polar surface area (TPSA) is 66.4 Å². The minimum atomic E-state index is -1.00. The molecule has 4 nitrogen and oxygen atoms in total. The highest BCUT2D eigenvalue weighted by Crippen LogP contribution is 2.13. The quantitative estimate of drug-likeness (QED) is 0.760. The summed E-state index contributed by atoms with van der Waals surface area (Å²) in [6.45, 7) is 4.63. The molecule has 0 aliphatic carbocycles. The van der Waals surface area contributed by atoms with Gasteiger partial charge < -0.3 is 10.4 Å².